The van der Waals surface area contributed by atoms with E-state index in [9.17, 15) is 15.0 Å². The number of amides is 1. The fourth-order valence-electron chi connectivity index (χ4n) is 2.86. The summed E-state index contributed by atoms with van der Waals surface area (Å²) in [4.78, 5) is 12.0. The molecule has 2 aromatic carbocycles. The summed E-state index contributed by atoms with van der Waals surface area (Å²) in [6.07, 6.45) is 11.8. The van der Waals surface area contributed by atoms with Crippen LogP contribution in [-0.2, 0) is 11.2 Å². The second kappa shape index (κ2) is 11.1. The summed E-state index contributed by atoms with van der Waals surface area (Å²) in [6.45, 7) is 2.23. The Bertz CT molecular complexity index is 751. The number of phenols is 2. The van der Waals surface area contributed by atoms with Gasteiger partial charge in [-0.25, -0.2) is 0 Å². The number of benzene rings is 2. The van der Waals surface area contributed by atoms with Crippen LogP contribution in [0.4, 0.5) is 5.69 Å². The molecule has 0 fully saturated rings. The highest BCUT2D eigenvalue weighted by atomic mass is 16.3. The van der Waals surface area contributed by atoms with Crippen molar-refractivity contribution in [2.24, 2.45) is 0 Å². The van der Waals surface area contributed by atoms with Gasteiger partial charge in [0.25, 0.3) is 0 Å². The molecule has 2 aromatic rings. The molecule has 0 aromatic heterocycles. The van der Waals surface area contributed by atoms with E-state index in [0.29, 0.717) is 5.56 Å². The van der Waals surface area contributed by atoms with Crippen molar-refractivity contribution in [1.82, 2.24) is 0 Å². The zero-order valence-corrected chi connectivity index (χ0v) is 15.9. The maximum atomic E-state index is 12.0. The van der Waals surface area contributed by atoms with Gasteiger partial charge in [-0.2, -0.15) is 0 Å². The Balaban J connectivity index is 1.77. The Hall–Kier alpha value is -2.75. The molecule has 0 atom stereocenters. The first-order valence-electron chi connectivity index (χ1n) is 9.68. The summed E-state index contributed by atoms with van der Waals surface area (Å²) in [6, 6.07) is 12.4. The molecule has 0 aliphatic rings. The van der Waals surface area contributed by atoms with Crippen LogP contribution >= 0.6 is 0 Å². The van der Waals surface area contributed by atoms with E-state index < -0.39 is 0 Å². The molecule has 4 nitrogen and oxygen atoms in total. The third kappa shape index (κ3) is 7.57. The maximum absolute atomic E-state index is 12.0. The van der Waals surface area contributed by atoms with E-state index in [4.69, 9.17) is 0 Å². The molecule has 0 saturated heterocycles. The number of carbonyl (C=O) groups is 1. The third-order valence-electron chi connectivity index (χ3n) is 4.47. The van der Waals surface area contributed by atoms with Crippen molar-refractivity contribution in [3.8, 4) is 11.5 Å². The van der Waals surface area contributed by atoms with Gasteiger partial charge in [0.05, 0.1) is 0 Å². The quantitative estimate of drug-likeness (QED) is 0.289. The first-order chi connectivity index (χ1) is 13.1. The predicted octanol–water partition coefficient (Wildman–Crippen LogP) is 5.65. The summed E-state index contributed by atoms with van der Waals surface area (Å²) in [5.74, 6) is -0.637. The van der Waals surface area contributed by atoms with Gasteiger partial charge in [-0.15, -0.1) is 0 Å². The second-order valence-electron chi connectivity index (χ2n) is 6.79. The van der Waals surface area contributed by atoms with E-state index in [1.165, 1.54) is 62.3 Å². The molecule has 0 unspecified atom stereocenters. The van der Waals surface area contributed by atoms with E-state index in [1.54, 1.807) is 12.1 Å². The zero-order chi connectivity index (χ0) is 19.5. The molecule has 0 bridgehead atoms. The second-order valence-corrected chi connectivity index (χ2v) is 6.79. The fraction of sp³-hybridized carbons (Fsp3) is 0.348. The van der Waals surface area contributed by atoms with E-state index >= 15 is 0 Å². The number of hydrogen-bond acceptors (Lipinski definition) is 3. The van der Waals surface area contributed by atoms with Crippen LogP contribution < -0.4 is 5.32 Å². The minimum atomic E-state index is -0.244. The smallest absolute Gasteiger partial charge is 0.248 e. The molecular weight excluding hydrogens is 338 g/mol. The first kappa shape index (κ1) is 20.6. The molecule has 27 heavy (non-hydrogen) atoms. The molecule has 1 amide bonds. The van der Waals surface area contributed by atoms with Gasteiger partial charge in [-0.1, -0.05) is 57.2 Å². The van der Waals surface area contributed by atoms with Gasteiger partial charge in [-0.3, -0.25) is 4.79 Å². The van der Waals surface area contributed by atoms with Crippen molar-refractivity contribution < 1.29 is 15.0 Å². The molecule has 0 heterocycles. The van der Waals surface area contributed by atoms with E-state index in [2.05, 4.69) is 24.4 Å². The summed E-state index contributed by atoms with van der Waals surface area (Å²) in [5.41, 5.74) is 2.68. The monoisotopic (exact) mass is 367 g/mol. The van der Waals surface area contributed by atoms with Gasteiger partial charge in [-0.05, 0) is 54.3 Å². The zero-order valence-electron chi connectivity index (χ0n) is 15.9. The fourth-order valence-corrected chi connectivity index (χ4v) is 2.86. The standard InChI is InChI=1S/C23H29NO3/c1-2-3-4-5-6-7-8-18-9-13-20(14-10-18)24-23(27)16-12-19-11-15-21(25)22(26)17-19/h9-17,25-26H,2-8H2,1H3,(H,24,27)/b16-12+. The van der Waals surface area contributed by atoms with Crippen LogP contribution in [0.5, 0.6) is 11.5 Å². The minimum absolute atomic E-state index is 0.183. The van der Waals surface area contributed by atoms with Crippen molar-refractivity contribution in [1.29, 1.82) is 0 Å². The minimum Gasteiger partial charge on any atom is -0.504 e. The Labute approximate surface area is 161 Å². The van der Waals surface area contributed by atoms with Gasteiger partial charge in [0, 0.05) is 11.8 Å². The van der Waals surface area contributed by atoms with Crippen LogP contribution in [0.3, 0.4) is 0 Å². The Morgan fingerprint density at radius 3 is 2.33 bits per heavy atom. The summed E-state index contributed by atoms with van der Waals surface area (Å²) in [7, 11) is 0. The summed E-state index contributed by atoms with van der Waals surface area (Å²) >= 11 is 0. The van der Waals surface area contributed by atoms with E-state index in [1.807, 2.05) is 12.1 Å². The van der Waals surface area contributed by atoms with Crippen molar-refractivity contribution >= 4 is 17.7 Å². The Morgan fingerprint density at radius 1 is 0.926 bits per heavy atom. The predicted molar refractivity (Wildman–Crippen MR) is 111 cm³/mol. The van der Waals surface area contributed by atoms with Crippen molar-refractivity contribution in [2.75, 3.05) is 5.32 Å². The molecular formula is C23H29NO3. The van der Waals surface area contributed by atoms with Crippen LogP contribution in [0.25, 0.3) is 6.08 Å². The molecule has 2 rings (SSSR count). The van der Waals surface area contributed by atoms with Crippen LogP contribution in [-0.4, -0.2) is 16.1 Å². The highest BCUT2D eigenvalue weighted by Crippen LogP contribution is 2.25. The van der Waals surface area contributed by atoms with Gasteiger partial charge in [0.2, 0.25) is 5.91 Å². The van der Waals surface area contributed by atoms with Crippen LogP contribution in [0, 0.1) is 0 Å². The van der Waals surface area contributed by atoms with Crippen molar-refractivity contribution in [2.45, 2.75) is 51.9 Å². The van der Waals surface area contributed by atoms with Crippen LogP contribution in [0.1, 0.15) is 56.6 Å². The van der Waals surface area contributed by atoms with Crippen LogP contribution in [0.2, 0.25) is 0 Å². The number of rotatable bonds is 10. The Kier molecular flexibility index (Phi) is 8.43. The lowest BCUT2D eigenvalue weighted by Crippen LogP contribution is -2.07. The van der Waals surface area contributed by atoms with Crippen molar-refractivity contribution in [3.63, 3.8) is 0 Å². The molecule has 0 saturated carbocycles. The molecule has 0 spiro atoms. The van der Waals surface area contributed by atoms with Gasteiger partial charge >= 0.3 is 0 Å². The van der Waals surface area contributed by atoms with Crippen LogP contribution in [0.15, 0.2) is 48.5 Å². The number of nitrogens with one attached hydrogen (secondary N) is 1. The lowest BCUT2D eigenvalue weighted by atomic mass is 10.0. The van der Waals surface area contributed by atoms with E-state index in [0.717, 1.165) is 12.1 Å². The average molecular weight is 367 g/mol. The molecule has 0 radical (unpaired) electrons. The number of carbonyl (C=O) groups excluding carboxylic acids is 1. The lowest BCUT2D eigenvalue weighted by molar-refractivity contribution is -0.111. The number of phenolic OH excluding ortho intramolecular Hbond substituents is 2. The summed E-state index contributed by atoms with van der Waals surface area (Å²) in [5, 5.41) is 21.6. The molecule has 144 valence electrons. The van der Waals surface area contributed by atoms with Crippen molar-refractivity contribution in [3.05, 3.63) is 59.7 Å². The van der Waals surface area contributed by atoms with Gasteiger partial charge < -0.3 is 15.5 Å². The molecule has 0 aliphatic carbocycles. The first-order valence-corrected chi connectivity index (χ1v) is 9.68. The summed E-state index contributed by atoms with van der Waals surface area (Å²) < 4.78 is 0. The number of anilines is 1. The number of aryl methyl sites for hydroxylation is 1. The maximum Gasteiger partial charge on any atom is 0.248 e. The number of unbranched alkanes of at least 4 members (excludes halogenated alkanes) is 5. The third-order valence-corrected chi connectivity index (χ3v) is 4.47. The highest BCUT2D eigenvalue weighted by molar-refractivity contribution is 6.01. The highest BCUT2D eigenvalue weighted by Gasteiger charge is 2.01. The molecule has 3 N–H and O–H groups in total. The molecule has 0 aliphatic heterocycles. The molecule has 4 heteroatoms. The van der Waals surface area contributed by atoms with Gasteiger partial charge in [0.1, 0.15) is 0 Å². The Morgan fingerprint density at radius 2 is 1.63 bits per heavy atom. The largest absolute Gasteiger partial charge is 0.504 e. The SMILES string of the molecule is CCCCCCCCc1ccc(NC(=O)/C=C/c2ccc(O)c(O)c2)cc1. The topological polar surface area (TPSA) is 69.6 Å². The van der Waals surface area contributed by atoms with E-state index in [-0.39, 0.29) is 17.4 Å². The normalized spacial score (nSPS) is 11.0. The average Bonchev–Trinajstić information content (AvgIpc) is 2.67. The lowest BCUT2D eigenvalue weighted by Gasteiger charge is -2.05. The van der Waals surface area contributed by atoms with Gasteiger partial charge in [0.15, 0.2) is 11.5 Å². The number of aromatic hydroxyl groups is 2. The number of hydrogen-bond donors (Lipinski definition) is 3.